The lowest BCUT2D eigenvalue weighted by Crippen LogP contribution is -2.29. The van der Waals surface area contributed by atoms with Gasteiger partial charge in [-0.05, 0) is 36.6 Å². The van der Waals surface area contributed by atoms with Gasteiger partial charge in [-0.2, -0.15) is 0 Å². The van der Waals surface area contributed by atoms with Crippen LogP contribution in [0.5, 0.6) is 5.75 Å². The molecule has 2 aromatic rings. The van der Waals surface area contributed by atoms with Crippen molar-refractivity contribution < 1.29 is 4.74 Å². The van der Waals surface area contributed by atoms with Crippen LogP contribution in [0, 0.1) is 13.8 Å². The van der Waals surface area contributed by atoms with Gasteiger partial charge in [-0.1, -0.05) is 41.5 Å². The number of nitrogens with two attached hydrogens (primary N) is 1. The van der Waals surface area contributed by atoms with Crippen LogP contribution < -0.4 is 16.0 Å². The number of ether oxygens (including phenoxy) is 1. The van der Waals surface area contributed by atoms with E-state index < -0.39 is 0 Å². The molecule has 1 aliphatic rings. The number of hydrazine groups is 1. The number of benzene rings is 2. The molecule has 3 nitrogen and oxygen atoms in total. The second-order valence-corrected chi connectivity index (χ2v) is 5.49. The van der Waals surface area contributed by atoms with E-state index in [4.69, 9.17) is 10.6 Å². The summed E-state index contributed by atoms with van der Waals surface area (Å²) in [4.78, 5) is 0. The molecular weight excluding hydrogens is 248 g/mol. The molecule has 0 amide bonds. The van der Waals surface area contributed by atoms with Crippen molar-refractivity contribution in [3.8, 4) is 5.75 Å². The Balaban J connectivity index is 2.01. The van der Waals surface area contributed by atoms with Crippen LogP contribution in [0.25, 0.3) is 0 Å². The molecule has 0 aliphatic carbocycles. The first-order chi connectivity index (χ1) is 9.67. The maximum Gasteiger partial charge on any atom is 0.122 e. The molecule has 1 aliphatic heterocycles. The molecule has 0 saturated carbocycles. The third-order valence-corrected chi connectivity index (χ3v) is 3.79. The summed E-state index contributed by atoms with van der Waals surface area (Å²) < 4.78 is 5.56. The van der Waals surface area contributed by atoms with Crippen LogP contribution in [-0.2, 0) is 6.42 Å². The third-order valence-electron chi connectivity index (χ3n) is 3.79. The number of hydrogen-bond acceptors (Lipinski definition) is 3. The molecule has 1 heterocycles. The van der Waals surface area contributed by atoms with E-state index in [1.165, 1.54) is 27.8 Å². The van der Waals surface area contributed by atoms with E-state index in [1.807, 2.05) is 6.07 Å². The van der Waals surface area contributed by atoms with Gasteiger partial charge in [-0.25, -0.2) is 5.43 Å². The van der Waals surface area contributed by atoms with Crippen LogP contribution >= 0.6 is 0 Å². The standard InChI is InChI=1S/C17H20N2O/c1-11-7-12(2)9-15(8-11)17(19-18)14-3-4-16-13(10-14)5-6-20-16/h3-4,7-10,17,19H,5-6,18H2,1-2H3. The zero-order valence-electron chi connectivity index (χ0n) is 11.9. The van der Waals surface area contributed by atoms with Crippen LogP contribution in [0.2, 0.25) is 0 Å². The summed E-state index contributed by atoms with van der Waals surface area (Å²) in [5.74, 6) is 6.81. The van der Waals surface area contributed by atoms with Crippen LogP contribution in [0.15, 0.2) is 36.4 Å². The Morgan fingerprint density at radius 3 is 2.50 bits per heavy atom. The second-order valence-electron chi connectivity index (χ2n) is 5.49. The Hall–Kier alpha value is -1.84. The van der Waals surface area contributed by atoms with E-state index in [1.54, 1.807) is 0 Å². The van der Waals surface area contributed by atoms with Crippen molar-refractivity contribution in [3.05, 3.63) is 64.2 Å². The zero-order chi connectivity index (χ0) is 14.1. The number of hydrogen-bond donors (Lipinski definition) is 2. The van der Waals surface area contributed by atoms with E-state index in [0.29, 0.717) is 0 Å². The van der Waals surface area contributed by atoms with Gasteiger partial charge >= 0.3 is 0 Å². The summed E-state index contributed by atoms with van der Waals surface area (Å²) in [5.41, 5.74) is 9.10. The topological polar surface area (TPSA) is 47.3 Å². The van der Waals surface area contributed by atoms with Crippen molar-refractivity contribution in [2.45, 2.75) is 26.3 Å². The molecule has 0 spiro atoms. The number of fused-ring (bicyclic) bond motifs is 1. The average molecular weight is 268 g/mol. The minimum absolute atomic E-state index is 0.0134. The number of rotatable bonds is 3. The molecule has 0 saturated heterocycles. The van der Waals surface area contributed by atoms with Crippen molar-refractivity contribution in [1.82, 2.24) is 5.43 Å². The first-order valence-electron chi connectivity index (χ1n) is 6.97. The van der Waals surface area contributed by atoms with Gasteiger partial charge in [0.05, 0.1) is 12.6 Å². The minimum atomic E-state index is 0.0134. The SMILES string of the molecule is Cc1cc(C)cc(C(NN)c2ccc3c(c2)CCO3)c1. The zero-order valence-corrected chi connectivity index (χ0v) is 11.9. The highest BCUT2D eigenvalue weighted by Gasteiger charge is 2.17. The fourth-order valence-electron chi connectivity index (χ4n) is 2.95. The number of nitrogens with one attached hydrogen (secondary N) is 1. The van der Waals surface area contributed by atoms with E-state index in [2.05, 4.69) is 49.6 Å². The Morgan fingerprint density at radius 1 is 1.05 bits per heavy atom. The molecule has 3 heteroatoms. The lowest BCUT2D eigenvalue weighted by Gasteiger charge is -2.19. The quantitative estimate of drug-likeness (QED) is 0.664. The molecule has 0 aromatic heterocycles. The summed E-state index contributed by atoms with van der Waals surface area (Å²) in [5, 5.41) is 0. The maximum atomic E-state index is 5.80. The Labute approximate surface area is 119 Å². The maximum absolute atomic E-state index is 5.80. The highest BCUT2D eigenvalue weighted by atomic mass is 16.5. The van der Waals surface area contributed by atoms with E-state index >= 15 is 0 Å². The van der Waals surface area contributed by atoms with Crippen molar-refractivity contribution in [2.24, 2.45) is 5.84 Å². The monoisotopic (exact) mass is 268 g/mol. The molecular formula is C17H20N2O. The fraction of sp³-hybridized carbons (Fsp3) is 0.294. The first kappa shape index (κ1) is 13.2. The smallest absolute Gasteiger partial charge is 0.122 e. The second kappa shape index (κ2) is 5.27. The predicted octanol–water partition coefficient (Wildman–Crippen LogP) is 2.79. The predicted molar refractivity (Wildman–Crippen MR) is 80.7 cm³/mol. The Kier molecular flexibility index (Phi) is 3.47. The molecule has 3 N–H and O–H groups in total. The molecule has 3 rings (SSSR count). The van der Waals surface area contributed by atoms with Crippen molar-refractivity contribution in [1.29, 1.82) is 0 Å². The average Bonchev–Trinajstić information content (AvgIpc) is 2.86. The summed E-state index contributed by atoms with van der Waals surface area (Å²) >= 11 is 0. The Morgan fingerprint density at radius 2 is 1.80 bits per heavy atom. The van der Waals surface area contributed by atoms with Gasteiger partial charge in [0.1, 0.15) is 5.75 Å². The van der Waals surface area contributed by atoms with Gasteiger partial charge < -0.3 is 4.74 Å². The lowest BCUT2D eigenvalue weighted by atomic mass is 9.94. The van der Waals surface area contributed by atoms with E-state index in [0.717, 1.165) is 18.8 Å². The van der Waals surface area contributed by atoms with E-state index in [9.17, 15) is 0 Å². The Bertz CT molecular complexity index is 617. The fourth-order valence-corrected chi connectivity index (χ4v) is 2.95. The highest BCUT2D eigenvalue weighted by Crippen LogP contribution is 2.30. The summed E-state index contributed by atoms with van der Waals surface area (Å²) in [6.45, 7) is 5.00. The van der Waals surface area contributed by atoms with Crippen LogP contribution in [0.4, 0.5) is 0 Å². The van der Waals surface area contributed by atoms with Crippen LogP contribution in [0.3, 0.4) is 0 Å². The van der Waals surface area contributed by atoms with Crippen molar-refractivity contribution in [2.75, 3.05) is 6.61 Å². The molecule has 104 valence electrons. The van der Waals surface area contributed by atoms with Gasteiger partial charge in [0.15, 0.2) is 0 Å². The van der Waals surface area contributed by atoms with Gasteiger partial charge in [-0.15, -0.1) is 0 Å². The summed E-state index contributed by atoms with van der Waals surface area (Å²) in [7, 11) is 0. The molecule has 0 bridgehead atoms. The molecule has 1 unspecified atom stereocenters. The summed E-state index contributed by atoms with van der Waals surface area (Å²) in [6.07, 6.45) is 0.979. The van der Waals surface area contributed by atoms with Crippen molar-refractivity contribution in [3.63, 3.8) is 0 Å². The van der Waals surface area contributed by atoms with E-state index in [-0.39, 0.29) is 6.04 Å². The first-order valence-corrected chi connectivity index (χ1v) is 6.97. The molecule has 2 aromatic carbocycles. The van der Waals surface area contributed by atoms with Crippen LogP contribution in [0.1, 0.15) is 33.9 Å². The van der Waals surface area contributed by atoms with Gasteiger partial charge in [0.25, 0.3) is 0 Å². The molecule has 0 radical (unpaired) electrons. The largest absolute Gasteiger partial charge is 0.493 e. The molecule has 0 fully saturated rings. The van der Waals surface area contributed by atoms with Gasteiger partial charge in [0.2, 0.25) is 0 Å². The number of aryl methyl sites for hydroxylation is 2. The molecule has 1 atom stereocenters. The van der Waals surface area contributed by atoms with Gasteiger partial charge in [-0.3, -0.25) is 5.84 Å². The normalized spacial score (nSPS) is 14.8. The van der Waals surface area contributed by atoms with Crippen molar-refractivity contribution >= 4 is 0 Å². The molecule has 20 heavy (non-hydrogen) atoms. The highest BCUT2D eigenvalue weighted by molar-refractivity contribution is 5.44. The minimum Gasteiger partial charge on any atom is -0.493 e. The van der Waals surface area contributed by atoms with Crippen LogP contribution in [-0.4, -0.2) is 6.61 Å². The third kappa shape index (κ3) is 2.42. The lowest BCUT2D eigenvalue weighted by molar-refractivity contribution is 0.357. The summed E-state index contributed by atoms with van der Waals surface area (Å²) in [6, 6.07) is 12.9. The van der Waals surface area contributed by atoms with Gasteiger partial charge in [0, 0.05) is 6.42 Å².